The minimum Gasteiger partial charge on any atom is -0.330 e. The molecule has 0 amide bonds. The van der Waals surface area contributed by atoms with Crippen LogP contribution in [0.4, 0.5) is 0 Å². The maximum atomic E-state index is 6.16. The van der Waals surface area contributed by atoms with Crippen LogP contribution in [0.25, 0.3) is 0 Å². The molecule has 1 saturated carbocycles. The van der Waals surface area contributed by atoms with Crippen molar-refractivity contribution in [1.82, 2.24) is 9.55 Å². The SMILES string of the molecule is Clc1nc(C2CCC2)n2c1CCCC2. The molecule has 0 spiro atoms. The van der Waals surface area contributed by atoms with Crippen LogP contribution in [-0.2, 0) is 13.0 Å². The first-order chi connectivity index (χ1) is 6.86. The molecule has 1 aliphatic carbocycles. The molecule has 2 aliphatic rings. The maximum Gasteiger partial charge on any atom is 0.150 e. The van der Waals surface area contributed by atoms with E-state index in [1.165, 1.54) is 43.6 Å². The van der Waals surface area contributed by atoms with Crippen molar-refractivity contribution < 1.29 is 0 Å². The number of hydrogen-bond acceptors (Lipinski definition) is 1. The van der Waals surface area contributed by atoms with Crippen LogP contribution in [0, 0.1) is 0 Å². The fourth-order valence-corrected chi connectivity index (χ4v) is 2.79. The van der Waals surface area contributed by atoms with E-state index in [1.807, 2.05) is 0 Å². The second-order valence-corrected chi connectivity index (χ2v) is 4.80. The van der Waals surface area contributed by atoms with Crippen LogP contribution in [0.3, 0.4) is 0 Å². The Morgan fingerprint density at radius 2 is 2.07 bits per heavy atom. The van der Waals surface area contributed by atoms with E-state index >= 15 is 0 Å². The van der Waals surface area contributed by atoms with Crippen molar-refractivity contribution in [2.45, 2.75) is 51.0 Å². The summed E-state index contributed by atoms with van der Waals surface area (Å²) in [6.45, 7) is 1.14. The molecule has 0 aromatic carbocycles. The number of fused-ring (bicyclic) bond motifs is 1. The largest absolute Gasteiger partial charge is 0.330 e. The normalized spacial score (nSPS) is 21.8. The van der Waals surface area contributed by atoms with Gasteiger partial charge in [-0.25, -0.2) is 4.98 Å². The van der Waals surface area contributed by atoms with Gasteiger partial charge in [0.05, 0.1) is 5.69 Å². The molecule has 0 N–H and O–H groups in total. The molecule has 3 rings (SSSR count). The van der Waals surface area contributed by atoms with Gasteiger partial charge in [-0.1, -0.05) is 18.0 Å². The summed E-state index contributed by atoms with van der Waals surface area (Å²) in [6, 6.07) is 0. The van der Waals surface area contributed by atoms with Gasteiger partial charge in [0.15, 0.2) is 5.15 Å². The summed E-state index contributed by atoms with van der Waals surface area (Å²) in [5.74, 6) is 1.98. The van der Waals surface area contributed by atoms with Crippen LogP contribution < -0.4 is 0 Å². The average Bonchev–Trinajstić information content (AvgIpc) is 2.43. The Labute approximate surface area is 89.3 Å². The number of halogens is 1. The van der Waals surface area contributed by atoms with Crippen molar-refractivity contribution in [3.63, 3.8) is 0 Å². The highest BCUT2D eigenvalue weighted by Crippen LogP contribution is 2.38. The monoisotopic (exact) mass is 210 g/mol. The number of rotatable bonds is 1. The number of imidazole rings is 1. The first-order valence-electron chi connectivity index (χ1n) is 5.61. The van der Waals surface area contributed by atoms with Gasteiger partial charge in [0.2, 0.25) is 0 Å². The smallest absolute Gasteiger partial charge is 0.150 e. The Bertz CT molecular complexity index is 352. The topological polar surface area (TPSA) is 17.8 Å². The van der Waals surface area contributed by atoms with Crippen LogP contribution in [0.5, 0.6) is 0 Å². The second-order valence-electron chi connectivity index (χ2n) is 4.44. The predicted octanol–water partition coefficient (Wildman–Crippen LogP) is 3.14. The summed E-state index contributed by atoms with van der Waals surface area (Å²) >= 11 is 6.16. The summed E-state index contributed by atoms with van der Waals surface area (Å²) < 4.78 is 2.38. The Hall–Kier alpha value is -0.500. The van der Waals surface area contributed by atoms with E-state index in [0.29, 0.717) is 5.92 Å². The Morgan fingerprint density at radius 3 is 2.79 bits per heavy atom. The zero-order chi connectivity index (χ0) is 9.54. The summed E-state index contributed by atoms with van der Waals surface area (Å²) in [6.07, 6.45) is 7.68. The van der Waals surface area contributed by atoms with E-state index in [0.717, 1.165) is 18.1 Å². The summed E-state index contributed by atoms with van der Waals surface area (Å²) in [5, 5.41) is 0.770. The highest BCUT2D eigenvalue weighted by atomic mass is 35.5. The Balaban J connectivity index is 2.02. The molecule has 2 nitrogen and oxygen atoms in total. The van der Waals surface area contributed by atoms with Crippen molar-refractivity contribution in [2.24, 2.45) is 0 Å². The molecule has 2 heterocycles. The summed E-state index contributed by atoms with van der Waals surface area (Å²) in [4.78, 5) is 4.54. The lowest BCUT2D eigenvalue weighted by molar-refractivity contribution is 0.376. The van der Waals surface area contributed by atoms with Crippen molar-refractivity contribution in [2.75, 3.05) is 0 Å². The van der Waals surface area contributed by atoms with Gasteiger partial charge in [0, 0.05) is 12.5 Å². The molecule has 0 unspecified atom stereocenters. The molecule has 0 bridgehead atoms. The van der Waals surface area contributed by atoms with Gasteiger partial charge in [-0.3, -0.25) is 0 Å². The summed E-state index contributed by atoms with van der Waals surface area (Å²) in [7, 11) is 0. The standard InChI is InChI=1S/C11H15ClN2/c12-10-9-6-1-2-7-14(9)11(13-10)8-4-3-5-8/h8H,1-7H2. The zero-order valence-corrected chi connectivity index (χ0v) is 9.06. The van der Waals surface area contributed by atoms with Gasteiger partial charge < -0.3 is 4.57 Å². The molecule has 1 aromatic rings. The molecule has 14 heavy (non-hydrogen) atoms. The van der Waals surface area contributed by atoms with Crippen molar-refractivity contribution in [1.29, 1.82) is 0 Å². The quantitative estimate of drug-likeness (QED) is 0.697. The molecule has 1 aromatic heterocycles. The molecule has 0 atom stereocenters. The third kappa shape index (κ3) is 1.20. The molecule has 76 valence electrons. The van der Waals surface area contributed by atoms with E-state index in [9.17, 15) is 0 Å². The predicted molar refractivity (Wildman–Crippen MR) is 56.8 cm³/mol. The van der Waals surface area contributed by atoms with Gasteiger partial charge in [-0.15, -0.1) is 0 Å². The maximum absolute atomic E-state index is 6.16. The number of aromatic nitrogens is 2. The van der Waals surface area contributed by atoms with Crippen molar-refractivity contribution >= 4 is 11.6 Å². The van der Waals surface area contributed by atoms with Crippen LogP contribution in [-0.4, -0.2) is 9.55 Å². The minimum absolute atomic E-state index is 0.708. The molecule has 3 heteroatoms. The van der Waals surface area contributed by atoms with Gasteiger partial charge in [-0.2, -0.15) is 0 Å². The van der Waals surface area contributed by atoms with Crippen LogP contribution in [0.15, 0.2) is 0 Å². The van der Waals surface area contributed by atoms with E-state index in [1.54, 1.807) is 0 Å². The van der Waals surface area contributed by atoms with E-state index in [2.05, 4.69) is 9.55 Å². The van der Waals surface area contributed by atoms with Crippen LogP contribution in [0.2, 0.25) is 5.15 Å². The van der Waals surface area contributed by atoms with Crippen molar-refractivity contribution in [3.05, 3.63) is 16.7 Å². The molecule has 0 radical (unpaired) electrons. The van der Waals surface area contributed by atoms with E-state index in [-0.39, 0.29) is 0 Å². The fraction of sp³-hybridized carbons (Fsp3) is 0.727. The lowest BCUT2D eigenvalue weighted by atomic mass is 9.84. The highest BCUT2D eigenvalue weighted by molar-refractivity contribution is 6.30. The third-order valence-electron chi connectivity index (χ3n) is 3.57. The lowest BCUT2D eigenvalue weighted by Gasteiger charge is -2.27. The second kappa shape index (κ2) is 3.27. The molecular weight excluding hydrogens is 196 g/mol. The lowest BCUT2D eigenvalue weighted by Crippen LogP contribution is -2.19. The average molecular weight is 211 g/mol. The Kier molecular flexibility index (Phi) is 2.05. The Morgan fingerprint density at radius 1 is 1.21 bits per heavy atom. The fourth-order valence-electron chi connectivity index (χ4n) is 2.50. The first-order valence-corrected chi connectivity index (χ1v) is 5.99. The van der Waals surface area contributed by atoms with Crippen LogP contribution >= 0.6 is 11.6 Å². The molecule has 1 aliphatic heterocycles. The molecular formula is C11H15ClN2. The molecule has 1 fully saturated rings. The number of nitrogens with zero attached hydrogens (tertiary/aromatic N) is 2. The van der Waals surface area contributed by atoms with E-state index in [4.69, 9.17) is 11.6 Å². The van der Waals surface area contributed by atoms with Gasteiger partial charge in [0.25, 0.3) is 0 Å². The number of hydrogen-bond donors (Lipinski definition) is 0. The van der Waals surface area contributed by atoms with Gasteiger partial charge >= 0.3 is 0 Å². The zero-order valence-electron chi connectivity index (χ0n) is 8.30. The van der Waals surface area contributed by atoms with Crippen LogP contribution in [0.1, 0.15) is 49.5 Å². The first kappa shape index (κ1) is 8.78. The highest BCUT2D eigenvalue weighted by Gasteiger charge is 2.28. The molecule has 0 saturated heterocycles. The van der Waals surface area contributed by atoms with E-state index < -0.39 is 0 Å². The van der Waals surface area contributed by atoms with Gasteiger partial charge in [0.1, 0.15) is 5.82 Å². The third-order valence-corrected chi connectivity index (χ3v) is 3.87. The summed E-state index contributed by atoms with van der Waals surface area (Å²) in [5.41, 5.74) is 1.29. The minimum atomic E-state index is 0.708. The van der Waals surface area contributed by atoms with Gasteiger partial charge in [-0.05, 0) is 32.1 Å². The van der Waals surface area contributed by atoms with Crippen molar-refractivity contribution in [3.8, 4) is 0 Å².